The molecule has 1 amide bonds. The SMILES string of the molecule is C#CCN1CCC[C@]1(CS(=O)(=O)c1ccc(Oc2ccccc2)cc1)C(=O)NO.C=O. The summed E-state index contributed by atoms with van der Waals surface area (Å²) < 4.78 is 31.8. The minimum Gasteiger partial charge on any atom is -0.457 e. The molecule has 0 unspecified atom stereocenters. The first-order chi connectivity index (χ1) is 14.9. The van der Waals surface area contributed by atoms with Gasteiger partial charge in [-0.3, -0.25) is 14.9 Å². The molecule has 2 aromatic rings. The molecule has 1 atom stereocenters. The fourth-order valence-corrected chi connectivity index (χ4v) is 5.41. The number of carbonyl (C=O) groups is 2. The Morgan fingerprint density at radius 3 is 2.35 bits per heavy atom. The number of rotatable bonds is 7. The molecule has 2 N–H and O–H groups in total. The zero-order chi connectivity index (χ0) is 22.9. The van der Waals surface area contributed by atoms with E-state index in [1.165, 1.54) is 12.1 Å². The van der Waals surface area contributed by atoms with Crippen LogP contribution in [-0.2, 0) is 19.4 Å². The van der Waals surface area contributed by atoms with E-state index in [4.69, 9.17) is 16.0 Å². The van der Waals surface area contributed by atoms with Crippen LogP contribution in [-0.4, -0.2) is 55.6 Å². The van der Waals surface area contributed by atoms with Crippen molar-refractivity contribution in [2.45, 2.75) is 23.3 Å². The topological polar surface area (TPSA) is 113 Å². The molecule has 164 valence electrons. The summed E-state index contributed by atoms with van der Waals surface area (Å²) in [7, 11) is -3.84. The molecule has 1 saturated heterocycles. The Bertz CT molecular complexity index is 1020. The molecule has 1 aliphatic heterocycles. The smallest absolute Gasteiger partial charge is 0.264 e. The van der Waals surface area contributed by atoms with Gasteiger partial charge in [-0.2, -0.15) is 0 Å². The summed E-state index contributed by atoms with van der Waals surface area (Å²) in [6, 6.07) is 15.1. The van der Waals surface area contributed by atoms with E-state index in [1.54, 1.807) is 34.6 Å². The molecule has 31 heavy (non-hydrogen) atoms. The quantitative estimate of drug-likeness (QED) is 0.382. The molecule has 0 radical (unpaired) electrons. The van der Waals surface area contributed by atoms with E-state index in [2.05, 4.69) is 5.92 Å². The van der Waals surface area contributed by atoms with Crippen LogP contribution in [0.4, 0.5) is 0 Å². The lowest BCUT2D eigenvalue weighted by Gasteiger charge is -2.34. The molecular weight excluding hydrogens is 420 g/mol. The van der Waals surface area contributed by atoms with Gasteiger partial charge in [0.2, 0.25) is 0 Å². The second kappa shape index (κ2) is 10.7. The summed E-state index contributed by atoms with van der Waals surface area (Å²) in [4.78, 5) is 22.1. The van der Waals surface area contributed by atoms with Crippen LogP contribution in [0.15, 0.2) is 59.5 Å². The highest BCUT2D eigenvalue weighted by molar-refractivity contribution is 7.91. The maximum atomic E-state index is 13.1. The highest BCUT2D eigenvalue weighted by atomic mass is 32.2. The van der Waals surface area contributed by atoms with Crippen molar-refractivity contribution in [1.82, 2.24) is 10.4 Å². The van der Waals surface area contributed by atoms with Gasteiger partial charge in [-0.05, 0) is 49.2 Å². The van der Waals surface area contributed by atoms with Crippen molar-refractivity contribution in [2.24, 2.45) is 0 Å². The van der Waals surface area contributed by atoms with E-state index >= 15 is 0 Å². The van der Waals surface area contributed by atoms with Crippen molar-refractivity contribution >= 4 is 22.5 Å². The standard InChI is InChI=1S/C21H22N2O5S.CH2O/c1-2-14-23-15-6-13-21(23,20(24)22-25)16-29(26,27)19-11-9-18(10-12-19)28-17-7-4-3-5-8-17;1-2/h1,3-5,7-12,25H,6,13-16H2,(H,22,24);1H2/t21-;/m0./s1. The van der Waals surface area contributed by atoms with Gasteiger partial charge < -0.3 is 9.53 Å². The van der Waals surface area contributed by atoms with Gasteiger partial charge in [0.05, 0.1) is 17.2 Å². The fourth-order valence-electron chi connectivity index (χ4n) is 3.60. The number of likely N-dealkylation sites (tertiary alicyclic amines) is 1. The third kappa shape index (κ3) is 5.49. The number of para-hydroxylation sites is 1. The van der Waals surface area contributed by atoms with Gasteiger partial charge in [0.15, 0.2) is 9.84 Å². The molecule has 0 bridgehead atoms. The van der Waals surface area contributed by atoms with E-state index in [0.717, 1.165) is 0 Å². The maximum absolute atomic E-state index is 13.1. The van der Waals surface area contributed by atoms with E-state index < -0.39 is 27.0 Å². The van der Waals surface area contributed by atoms with Crippen LogP contribution in [0.5, 0.6) is 11.5 Å². The Labute approximate surface area is 181 Å². The van der Waals surface area contributed by atoms with Crippen LogP contribution < -0.4 is 10.2 Å². The second-order valence-corrected chi connectivity index (χ2v) is 8.84. The van der Waals surface area contributed by atoms with Crippen LogP contribution in [0, 0.1) is 12.3 Å². The number of nitrogens with zero attached hydrogens (tertiary/aromatic N) is 1. The first-order valence-electron chi connectivity index (χ1n) is 9.39. The van der Waals surface area contributed by atoms with E-state index in [9.17, 15) is 18.4 Å². The molecular formula is C22H24N2O6S. The largest absolute Gasteiger partial charge is 0.457 e. The highest BCUT2D eigenvalue weighted by Crippen LogP contribution is 2.33. The number of hydroxylamine groups is 1. The molecule has 1 aliphatic rings. The van der Waals surface area contributed by atoms with Crippen LogP contribution in [0.1, 0.15) is 12.8 Å². The molecule has 2 aromatic carbocycles. The Morgan fingerprint density at radius 1 is 1.16 bits per heavy atom. The Kier molecular flexibility index (Phi) is 8.33. The van der Waals surface area contributed by atoms with Crippen molar-refractivity contribution in [3.63, 3.8) is 0 Å². The normalized spacial score (nSPS) is 18.3. The molecule has 8 nitrogen and oxygen atoms in total. The number of sulfone groups is 1. The zero-order valence-electron chi connectivity index (χ0n) is 16.9. The average Bonchev–Trinajstić information content (AvgIpc) is 3.18. The van der Waals surface area contributed by atoms with Crippen molar-refractivity contribution < 1.29 is 28.0 Å². The average molecular weight is 445 g/mol. The number of amides is 1. The zero-order valence-corrected chi connectivity index (χ0v) is 17.7. The molecule has 0 aliphatic carbocycles. The number of nitrogens with one attached hydrogen (secondary N) is 1. The number of terminal acetylenes is 1. The van der Waals surface area contributed by atoms with Crippen LogP contribution in [0.25, 0.3) is 0 Å². The third-order valence-corrected chi connectivity index (χ3v) is 6.87. The van der Waals surface area contributed by atoms with Crippen molar-refractivity contribution in [3.05, 3.63) is 54.6 Å². The number of hydrogen-bond donors (Lipinski definition) is 2. The van der Waals surface area contributed by atoms with Crippen molar-refractivity contribution in [1.29, 1.82) is 0 Å². The monoisotopic (exact) mass is 444 g/mol. The van der Waals surface area contributed by atoms with Crippen molar-refractivity contribution in [2.75, 3.05) is 18.8 Å². The summed E-state index contributed by atoms with van der Waals surface area (Å²) in [5, 5.41) is 9.20. The van der Waals surface area contributed by atoms with E-state index in [0.29, 0.717) is 24.5 Å². The molecule has 1 fully saturated rings. The Morgan fingerprint density at radius 2 is 1.77 bits per heavy atom. The number of hydrogen-bond acceptors (Lipinski definition) is 7. The lowest BCUT2D eigenvalue weighted by molar-refractivity contribution is -0.139. The first-order valence-corrected chi connectivity index (χ1v) is 11.0. The van der Waals surface area contributed by atoms with Gasteiger partial charge in [-0.15, -0.1) is 6.42 Å². The number of ether oxygens (including phenoxy) is 1. The van der Waals surface area contributed by atoms with Gasteiger partial charge in [-0.25, -0.2) is 13.9 Å². The van der Waals surface area contributed by atoms with Gasteiger partial charge in [0.1, 0.15) is 23.8 Å². The predicted octanol–water partition coefficient (Wildman–Crippen LogP) is 2.04. The Hall–Kier alpha value is -3.19. The van der Waals surface area contributed by atoms with Crippen LogP contribution in [0.2, 0.25) is 0 Å². The third-order valence-electron chi connectivity index (χ3n) is 5.02. The second-order valence-electron chi connectivity index (χ2n) is 6.85. The van der Waals surface area contributed by atoms with Crippen molar-refractivity contribution in [3.8, 4) is 23.8 Å². The molecule has 3 rings (SSSR count). The summed E-state index contributed by atoms with van der Waals surface area (Å²) in [6.45, 7) is 2.60. The molecule has 0 aromatic heterocycles. The van der Waals surface area contributed by atoms with E-state index in [1.807, 2.05) is 25.0 Å². The number of carbonyl (C=O) groups excluding carboxylic acids is 2. The molecule has 0 saturated carbocycles. The summed E-state index contributed by atoms with van der Waals surface area (Å²) in [5.41, 5.74) is 0.209. The molecule has 0 spiro atoms. The molecule has 9 heteroatoms. The van der Waals surface area contributed by atoms with E-state index in [-0.39, 0.29) is 17.9 Å². The maximum Gasteiger partial charge on any atom is 0.264 e. The lowest BCUT2D eigenvalue weighted by Crippen LogP contribution is -2.58. The van der Waals surface area contributed by atoms with Crippen LogP contribution >= 0.6 is 0 Å². The lowest BCUT2D eigenvalue weighted by atomic mass is 9.98. The predicted molar refractivity (Wildman–Crippen MR) is 114 cm³/mol. The van der Waals surface area contributed by atoms with Crippen LogP contribution in [0.3, 0.4) is 0 Å². The van der Waals surface area contributed by atoms with Gasteiger partial charge in [-0.1, -0.05) is 24.1 Å². The highest BCUT2D eigenvalue weighted by Gasteiger charge is 2.50. The van der Waals surface area contributed by atoms with Gasteiger partial charge in [0, 0.05) is 6.54 Å². The first kappa shape index (κ1) is 24.1. The summed E-state index contributed by atoms with van der Waals surface area (Å²) >= 11 is 0. The summed E-state index contributed by atoms with van der Waals surface area (Å²) in [5.74, 6) is 2.34. The molecule has 1 heterocycles. The fraction of sp³-hybridized carbons (Fsp3) is 0.273. The minimum absolute atomic E-state index is 0.0654. The van der Waals surface area contributed by atoms with Gasteiger partial charge >= 0.3 is 0 Å². The number of benzene rings is 2. The Balaban J connectivity index is 0.00000166. The summed E-state index contributed by atoms with van der Waals surface area (Å²) in [6.07, 6.45) is 6.27. The minimum atomic E-state index is -3.84. The van der Waals surface area contributed by atoms with Gasteiger partial charge in [0.25, 0.3) is 5.91 Å².